The Morgan fingerprint density at radius 3 is 3.50 bits per heavy atom. The van der Waals surface area contributed by atoms with Crippen molar-refractivity contribution in [1.29, 1.82) is 0 Å². The number of carbonyl (C=O) groups excluding carboxylic acids is 1. The fraction of sp³-hybridized carbons (Fsp3) is 0.667. The molecule has 10 heavy (non-hydrogen) atoms. The maximum Gasteiger partial charge on any atom is 0.160 e. The largest absolute Gasteiger partial charge is 0.339 e. The fourth-order valence-corrected chi connectivity index (χ4v) is 2.39. The van der Waals surface area contributed by atoms with Crippen LogP contribution in [0.4, 0.5) is 0 Å². The molecule has 0 aromatic rings. The number of hydrogen-bond donors (Lipinski definition) is 0. The van der Waals surface area contributed by atoms with Gasteiger partial charge in [0.05, 0.1) is 12.6 Å². The maximum atomic E-state index is 10.4. The molecular weight excluding hydrogens is 148 g/mol. The molecule has 54 valence electrons. The Hall–Kier alpha value is -0.510. The normalized spacial score (nSPS) is 30.2. The average Bonchev–Trinajstić information content (AvgIpc) is 2.44. The lowest BCUT2D eigenvalue weighted by Crippen LogP contribution is -2.33. The summed E-state index contributed by atoms with van der Waals surface area (Å²) in [6, 6.07) is 0.103. The second-order valence-electron chi connectivity index (χ2n) is 2.37. The Kier molecular flexibility index (Phi) is 1.41. The van der Waals surface area contributed by atoms with Gasteiger partial charge in [0.1, 0.15) is 6.29 Å². The van der Waals surface area contributed by atoms with E-state index in [0.29, 0.717) is 0 Å². The number of amidine groups is 1. The Bertz CT molecular complexity index is 192. The molecule has 0 saturated carbocycles. The summed E-state index contributed by atoms with van der Waals surface area (Å²) < 4.78 is 0. The SMILES string of the molecule is O=CC1CSC2=NCCN21. The quantitative estimate of drug-likeness (QED) is 0.500. The molecule has 0 spiro atoms. The van der Waals surface area contributed by atoms with Crippen LogP contribution >= 0.6 is 11.8 Å². The van der Waals surface area contributed by atoms with Gasteiger partial charge in [-0.3, -0.25) is 4.99 Å². The summed E-state index contributed by atoms with van der Waals surface area (Å²) in [6.07, 6.45) is 1.01. The molecule has 0 bridgehead atoms. The molecular formula is C6H8N2OS. The third-order valence-electron chi connectivity index (χ3n) is 1.77. The first-order chi connectivity index (χ1) is 4.92. The summed E-state index contributed by atoms with van der Waals surface area (Å²) >= 11 is 1.69. The number of fused-ring (bicyclic) bond motifs is 1. The van der Waals surface area contributed by atoms with Crippen LogP contribution in [0.3, 0.4) is 0 Å². The van der Waals surface area contributed by atoms with Crippen molar-refractivity contribution in [3.63, 3.8) is 0 Å². The highest BCUT2D eigenvalue weighted by Crippen LogP contribution is 2.25. The minimum atomic E-state index is 0.103. The summed E-state index contributed by atoms with van der Waals surface area (Å²) in [5.74, 6) is 0.891. The summed E-state index contributed by atoms with van der Waals surface area (Å²) in [4.78, 5) is 16.8. The number of hydrogen-bond acceptors (Lipinski definition) is 4. The second-order valence-corrected chi connectivity index (χ2v) is 3.36. The molecule has 0 aromatic carbocycles. The topological polar surface area (TPSA) is 32.7 Å². The second kappa shape index (κ2) is 2.27. The van der Waals surface area contributed by atoms with Gasteiger partial charge in [-0.1, -0.05) is 11.8 Å². The van der Waals surface area contributed by atoms with Crippen molar-refractivity contribution in [2.45, 2.75) is 6.04 Å². The van der Waals surface area contributed by atoms with Gasteiger partial charge < -0.3 is 9.69 Å². The smallest absolute Gasteiger partial charge is 0.160 e. The molecule has 2 aliphatic rings. The van der Waals surface area contributed by atoms with Crippen molar-refractivity contribution in [3.05, 3.63) is 0 Å². The van der Waals surface area contributed by atoms with Gasteiger partial charge in [0, 0.05) is 12.3 Å². The van der Waals surface area contributed by atoms with E-state index in [2.05, 4.69) is 9.89 Å². The van der Waals surface area contributed by atoms with E-state index in [0.717, 1.165) is 30.3 Å². The Labute approximate surface area is 63.5 Å². The number of thioether (sulfide) groups is 1. The molecule has 0 aliphatic carbocycles. The highest BCUT2D eigenvalue weighted by Gasteiger charge is 2.31. The fourth-order valence-electron chi connectivity index (χ4n) is 1.24. The van der Waals surface area contributed by atoms with Crippen molar-refractivity contribution in [3.8, 4) is 0 Å². The number of carbonyl (C=O) groups is 1. The summed E-state index contributed by atoms with van der Waals surface area (Å²) in [5.41, 5.74) is 0. The van der Waals surface area contributed by atoms with Gasteiger partial charge in [0.15, 0.2) is 5.17 Å². The lowest BCUT2D eigenvalue weighted by atomic mass is 10.3. The van der Waals surface area contributed by atoms with Gasteiger partial charge in [-0.25, -0.2) is 0 Å². The van der Waals surface area contributed by atoms with E-state index in [1.54, 1.807) is 11.8 Å². The van der Waals surface area contributed by atoms with Crippen LogP contribution in [-0.2, 0) is 4.79 Å². The van der Waals surface area contributed by atoms with Gasteiger partial charge in [0.25, 0.3) is 0 Å². The number of aldehydes is 1. The van der Waals surface area contributed by atoms with Gasteiger partial charge in [-0.2, -0.15) is 0 Å². The predicted octanol–water partition coefficient (Wildman–Crippen LogP) is -0.0277. The summed E-state index contributed by atoms with van der Waals surface area (Å²) in [6.45, 7) is 1.80. The lowest BCUT2D eigenvalue weighted by molar-refractivity contribution is -0.110. The van der Waals surface area contributed by atoms with Gasteiger partial charge >= 0.3 is 0 Å². The van der Waals surface area contributed by atoms with Gasteiger partial charge in [-0.15, -0.1) is 0 Å². The Morgan fingerprint density at radius 1 is 1.80 bits per heavy atom. The van der Waals surface area contributed by atoms with Crippen molar-refractivity contribution in [2.75, 3.05) is 18.8 Å². The van der Waals surface area contributed by atoms with Gasteiger partial charge in [-0.05, 0) is 0 Å². The van der Waals surface area contributed by atoms with E-state index in [1.807, 2.05) is 0 Å². The Balaban J connectivity index is 2.18. The molecule has 0 N–H and O–H groups in total. The van der Waals surface area contributed by atoms with Crippen LogP contribution in [-0.4, -0.2) is 41.2 Å². The summed E-state index contributed by atoms with van der Waals surface area (Å²) in [5, 5.41) is 1.07. The maximum absolute atomic E-state index is 10.4. The number of aliphatic imine (C=N–C) groups is 1. The van der Waals surface area contributed by atoms with Crippen LogP contribution in [0.15, 0.2) is 4.99 Å². The first kappa shape index (κ1) is 6.22. The van der Waals surface area contributed by atoms with E-state index in [-0.39, 0.29) is 6.04 Å². The minimum Gasteiger partial charge on any atom is -0.339 e. The number of rotatable bonds is 1. The number of nitrogens with zero attached hydrogens (tertiary/aromatic N) is 2. The average molecular weight is 156 g/mol. The van der Waals surface area contributed by atoms with Crippen molar-refractivity contribution < 1.29 is 4.79 Å². The van der Waals surface area contributed by atoms with Crippen molar-refractivity contribution in [2.24, 2.45) is 4.99 Å². The lowest BCUT2D eigenvalue weighted by Gasteiger charge is -2.14. The van der Waals surface area contributed by atoms with E-state index in [4.69, 9.17) is 0 Å². The van der Waals surface area contributed by atoms with Crippen LogP contribution in [0.5, 0.6) is 0 Å². The molecule has 0 aromatic heterocycles. The monoisotopic (exact) mass is 156 g/mol. The van der Waals surface area contributed by atoms with Crippen LogP contribution in [0, 0.1) is 0 Å². The van der Waals surface area contributed by atoms with E-state index < -0.39 is 0 Å². The molecule has 0 amide bonds. The highest BCUT2D eigenvalue weighted by atomic mass is 32.2. The zero-order valence-electron chi connectivity index (χ0n) is 5.49. The first-order valence-electron chi connectivity index (χ1n) is 3.31. The van der Waals surface area contributed by atoms with Crippen LogP contribution in [0.2, 0.25) is 0 Å². The van der Waals surface area contributed by atoms with Crippen LogP contribution in [0.25, 0.3) is 0 Å². The molecule has 1 atom stereocenters. The molecule has 3 nitrogen and oxygen atoms in total. The van der Waals surface area contributed by atoms with Crippen LogP contribution < -0.4 is 0 Å². The molecule has 1 saturated heterocycles. The summed E-state index contributed by atoms with van der Waals surface area (Å²) in [7, 11) is 0. The molecule has 0 radical (unpaired) electrons. The molecule has 1 unspecified atom stereocenters. The van der Waals surface area contributed by atoms with Crippen molar-refractivity contribution in [1.82, 2.24) is 4.90 Å². The molecule has 2 heterocycles. The zero-order chi connectivity index (χ0) is 6.97. The third kappa shape index (κ3) is 0.751. The first-order valence-corrected chi connectivity index (χ1v) is 4.29. The van der Waals surface area contributed by atoms with E-state index in [1.165, 1.54) is 0 Å². The molecule has 2 aliphatic heterocycles. The Morgan fingerprint density at radius 2 is 2.70 bits per heavy atom. The standard InChI is InChI=1S/C6H8N2OS/c9-3-5-4-10-6-7-1-2-8(5)6/h3,5H,1-2,4H2. The van der Waals surface area contributed by atoms with Crippen molar-refractivity contribution >= 4 is 23.2 Å². The minimum absolute atomic E-state index is 0.103. The van der Waals surface area contributed by atoms with Crippen LogP contribution in [0.1, 0.15) is 0 Å². The zero-order valence-corrected chi connectivity index (χ0v) is 6.30. The van der Waals surface area contributed by atoms with E-state index >= 15 is 0 Å². The predicted molar refractivity (Wildman–Crippen MR) is 41.3 cm³/mol. The third-order valence-corrected chi connectivity index (χ3v) is 2.90. The molecule has 1 fully saturated rings. The van der Waals surface area contributed by atoms with E-state index in [9.17, 15) is 4.79 Å². The molecule has 2 rings (SSSR count). The molecule has 4 heteroatoms. The highest BCUT2D eigenvalue weighted by molar-refractivity contribution is 8.14. The van der Waals surface area contributed by atoms with Gasteiger partial charge in [0.2, 0.25) is 0 Å².